The third-order valence-corrected chi connectivity index (χ3v) is 9.40. The second-order valence-corrected chi connectivity index (χ2v) is 12.9. The van der Waals surface area contributed by atoms with Crippen molar-refractivity contribution in [3.05, 3.63) is 162 Å². The summed E-state index contributed by atoms with van der Waals surface area (Å²) < 4.78 is 19.5. The number of hydrogen-bond acceptors (Lipinski definition) is 7. The summed E-state index contributed by atoms with van der Waals surface area (Å²) in [4.78, 5) is 17.5. The van der Waals surface area contributed by atoms with Crippen LogP contribution in [0.3, 0.4) is 0 Å². The van der Waals surface area contributed by atoms with E-state index in [0.717, 1.165) is 44.8 Å². The van der Waals surface area contributed by atoms with Crippen LogP contribution in [0, 0.1) is 0 Å². The van der Waals surface area contributed by atoms with E-state index in [1.807, 2.05) is 140 Å². The predicted molar refractivity (Wildman–Crippen MR) is 195 cm³/mol. The van der Waals surface area contributed by atoms with Crippen LogP contribution in [0.15, 0.2) is 149 Å². The monoisotopic (exact) mass is 683 g/mol. The maximum Gasteiger partial charge on any atom is 0.319 e. The van der Waals surface area contributed by atoms with Crippen molar-refractivity contribution in [3.8, 4) is 22.6 Å². The van der Waals surface area contributed by atoms with Crippen LogP contribution in [0.2, 0.25) is 0 Å². The van der Waals surface area contributed by atoms with Crippen LogP contribution in [0.25, 0.3) is 22.6 Å². The normalized spacial score (nSPS) is 17.3. The van der Waals surface area contributed by atoms with Gasteiger partial charge in [0.25, 0.3) is 5.22 Å². The summed E-state index contributed by atoms with van der Waals surface area (Å²) in [6.45, 7) is 0.413. The number of thioether (sulfide) groups is 1. The van der Waals surface area contributed by atoms with Gasteiger partial charge in [0.1, 0.15) is 5.69 Å². The van der Waals surface area contributed by atoms with Crippen LogP contribution in [0.5, 0.6) is 0 Å². The molecule has 0 aliphatic carbocycles. The van der Waals surface area contributed by atoms with Gasteiger partial charge in [-0.05, 0) is 28.8 Å². The quantitative estimate of drug-likeness (QED) is 0.117. The first kappa shape index (κ1) is 33.3. The lowest BCUT2D eigenvalue weighted by Gasteiger charge is -2.36. The summed E-state index contributed by atoms with van der Waals surface area (Å²) in [6.07, 6.45) is -0.434. The first-order valence-corrected chi connectivity index (χ1v) is 17.5. The molecule has 0 spiro atoms. The zero-order valence-electron chi connectivity index (χ0n) is 27.3. The highest BCUT2D eigenvalue weighted by atomic mass is 32.2. The number of aliphatic hydroxyl groups is 1. The first-order valence-electron chi connectivity index (χ1n) is 16.5. The van der Waals surface area contributed by atoms with Gasteiger partial charge >= 0.3 is 6.03 Å². The number of rotatable bonds is 11. The Balaban J connectivity index is 1.07. The first-order chi connectivity index (χ1) is 24.6. The minimum atomic E-state index is -0.637. The number of urea groups is 1. The van der Waals surface area contributed by atoms with Gasteiger partial charge < -0.3 is 29.6 Å². The van der Waals surface area contributed by atoms with Gasteiger partial charge in [-0.1, -0.05) is 139 Å². The summed E-state index contributed by atoms with van der Waals surface area (Å²) in [5.41, 5.74) is 7.11. The molecule has 3 N–H and O–H groups in total. The number of amides is 2. The fourth-order valence-corrected chi connectivity index (χ4v) is 6.64. The Morgan fingerprint density at radius 3 is 2.06 bits per heavy atom. The number of oxazole rings is 1. The molecule has 1 aliphatic heterocycles. The fraction of sp³-hybridized carbons (Fsp3) is 0.171. The molecule has 3 atom stereocenters. The van der Waals surface area contributed by atoms with Crippen molar-refractivity contribution < 1.29 is 23.8 Å². The lowest BCUT2D eigenvalue weighted by Crippen LogP contribution is -2.31. The van der Waals surface area contributed by atoms with E-state index in [0.29, 0.717) is 29.6 Å². The van der Waals surface area contributed by atoms with Crippen molar-refractivity contribution in [3.63, 3.8) is 0 Å². The van der Waals surface area contributed by atoms with Crippen LogP contribution in [0.1, 0.15) is 41.1 Å². The Morgan fingerprint density at radius 1 is 0.740 bits per heavy atom. The molecular weight excluding hydrogens is 647 g/mol. The molecule has 50 heavy (non-hydrogen) atoms. The molecule has 1 saturated heterocycles. The van der Waals surface area contributed by atoms with Gasteiger partial charge in [0.15, 0.2) is 12.1 Å². The molecule has 0 radical (unpaired) electrons. The molecule has 0 bridgehead atoms. The highest BCUT2D eigenvalue weighted by Gasteiger charge is 2.33. The number of carbonyl (C=O) groups is 1. The van der Waals surface area contributed by atoms with Crippen LogP contribution in [-0.4, -0.2) is 28.0 Å². The van der Waals surface area contributed by atoms with E-state index < -0.39 is 6.29 Å². The summed E-state index contributed by atoms with van der Waals surface area (Å²) in [6, 6.07) is 44.9. The Kier molecular flexibility index (Phi) is 10.7. The molecular formula is C41H37N3O5S. The largest absolute Gasteiger partial charge is 0.431 e. The number of anilines is 1. The van der Waals surface area contributed by atoms with Crippen molar-refractivity contribution in [1.82, 2.24) is 10.3 Å². The summed E-state index contributed by atoms with van der Waals surface area (Å²) in [5.74, 6) is 1.32. The van der Waals surface area contributed by atoms with Gasteiger partial charge in [0, 0.05) is 41.1 Å². The topological polar surface area (TPSA) is 106 Å². The molecule has 252 valence electrons. The molecule has 6 aromatic rings. The van der Waals surface area contributed by atoms with Gasteiger partial charge in [-0.15, -0.1) is 0 Å². The number of aliphatic hydroxyl groups excluding tert-OH is 1. The maximum atomic E-state index is 12.5. The van der Waals surface area contributed by atoms with Crippen molar-refractivity contribution >= 4 is 23.5 Å². The van der Waals surface area contributed by atoms with E-state index in [1.165, 1.54) is 11.8 Å². The Labute approximate surface area is 295 Å². The van der Waals surface area contributed by atoms with Crippen molar-refractivity contribution in [2.45, 2.75) is 43.3 Å². The van der Waals surface area contributed by atoms with Gasteiger partial charge in [-0.2, -0.15) is 0 Å². The van der Waals surface area contributed by atoms with Crippen LogP contribution in [-0.2, 0) is 22.6 Å². The van der Waals surface area contributed by atoms with Crippen molar-refractivity contribution in [1.29, 1.82) is 0 Å². The number of ether oxygens (including phenoxy) is 2. The van der Waals surface area contributed by atoms with Crippen LogP contribution >= 0.6 is 11.8 Å². The molecule has 9 heteroatoms. The standard InChI is InChI=1S/C41H37N3O5S/c45-26-29-16-18-30(19-17-29)36-24-35(27-50-41-44-37(31-12-6-2-7-13-31)38(49-41)32-14-8-3-9-15-32)47-39(48-36)33-20-22-34(23-21-33)43-40(46)42-25-28-10-4-1-5-11-28/h1-23,35-36,39,45H,24-27H2,(H2,42,43,46). The molecule has 2 amide bonds. The molecule has 7 rings (SSSR count). The molecule has 1 aliphatic rings. The minimum Gasteiger partial charge on any atom is -0.431 e. The maximum absolute atomic E-state index is 12.5. The van der Waals surface area contributed by atoms with Crippen LogP contribution in [0.4, 0.5) is 10.5 Å². The summed E-state index contributed by atoms with van der Waals surface area (Å²) in [7, 11) is 0. The van der Waals surface area contributed by atoms with E-state index >= 15 is 0 Å². The van der Waals surface area contributed by atoms with Gasteiger partial charge in [-0.3, -0.25) is 0 Å². The zero-order chi connectivity index (χ0) is 34.1. The number of aromatic nitrogens is 1. The van der Waals surface area contributed by atoms with E-state index in [1.54, 1.807) is 0 Å². The lowest BCUT2D eigenvalue weighted by atomic mass is 10.0. The molecule has 1 fully saturated rings. The van der Waals surface area contributed by atoms with Crippen molar-refractivity contribution in [2.24, 2.45) is 0 Å². The summed E-state index contributed by atoms with van der Waals surface area (Å²) >= 11 is 1.52. The van der Waals surface area contributed by atoms with E-state index in [9.17, 15) is 9.90 Å². The smallest absolute Gasteiger partial charge is 0.319 e. The average molecular weight is 684 g/mol. The highest BCUT2D eigenvalue weighted by molar-refractivity contribution is 7.99. The second-order valence-electron chi connectivity index (χ2n) is 12.0. The summed E-state index contributed by atoms with van der Waals surface area (Å²) in [5, 5.41) is 15.9. The third kappa shape index (κ3) is 8.33. The van der Waals surface area contributed by atoms with Crippen LogP contribution < -0.4 is 10.6 Å². The minimum absolute atomic E-state index is 0.0203. The number of hydrogen-bond donors (Lipinski definition) is 3. The number of benzene rings is 5. The Bertz CT molecular complexity index is 1910. The van der Waals surface area contributed by atoms with E-state index in [2.05, 4.69) is 10.6 Å². The molecule has 5 aromatic carbocycles. The number of nitrogens with one attached hydrogen (secondary N) is 2. The van der Waals surface area contributed by atoms with E-state index in [-0.39, 0.29) is 24.8 Å². The van der Waals surface area contributed by atoms with Gasteiger partial charge in [0.05, 0.1) is 18.8 Å². The van der Waals surface area contributed by atoms with E-state index in [4.69, 9.17) is 18.9 Å². The fourth-order valence-electron chi connectivity index (χ4n) is 5.80. The second kappa shape index (κ2) is 16.0. The molecule has 0 saturated carbocycles. The number of nitrogens with zero attached hydrogens (tertiary/aromatic N) is 1. The predicted octanol–water partition coefficient (Wildman–Crippen LogP) is 9.16. The Morgan fingerprint density at radius 2 is 1.38 bits per heavy atom. The third-order valence-electron chi connectivity index (χ3n) is 8.44. The molecule has 1 aromatic heterocycles. The zero-order valence-corrected chi connectivity index (χ0v) is 28.1. The molecule has 2 heterocycles. The number of carbonyl (C=O) groups excluding carboxylic acids is 1. The molecule has 8 nitrogen and oxygen atoms in total. The van der Waals surface area contributed by atoms with Crippen molar-refractivity contribution in [2.75, 3.05) is 11.1 Å². The lowest BCUT2D eigenvalue weighted by molar-refractivity contribution is -0.245. The van der Waals surface area contributed by atoms with Gasteiger partial charge in [0.2, 0.25) is 0 Å². The average Bonchev–Trinajstić information content (AvgIpc) is 3.62. The van der Waals surface area contributed by atoms with Gasteiger partial charge in [-0.25, -0.2) is 9.78 Å². The highest BCUT2D eigenvalue weighted by Crippen LogP contribution is 2.41. The Hall–Kier alpha value is -5.19. The molecule has 3 unspecified atom stereocenters. The SMILES string of the molecule is O=C(NCc1ccccc1)Nc1ccc(C2OC(CSc3nc(-c4ccccc4)c(-c4ccccc4)o3)CC(c3ccc(CO)cc3)O2)cc1.